The van der Waals surface area contributed by atoms with Crippen LogP contribution in [0.25, 0.3) is 0 Å². The molecule has 0 aliphatic carbocycles. The van der Waals surface area contributed by atoms with Crippen molar-refractivity contribution in [2.45, 2.75) is 38.5 Å². The predicted octanol–water partition coefficient (Wildman–Crippen LogP) is 0.931. The molecule has 1 aromatic heterocycles. The van der Waals surface area contributed by atoms with Crippen LogP contribution in [0.4, 0.5) is 0 Å². The van der Waals surface area contributed by atoms with Crippen molar-refractivity contribution in [1.82, 2.24) is 20.1 Å². The topological polar surface area (TPSA) is 72.2 Å². The first-order valence-corrected chi connectivity index (χ1v) is 7.70. The number of hydrogen-bond donors (Lipinski definition) is 2. The molecular weight excluding hydrogens is 280 g/mol. The zero-order valence-corrected chi connectivity index (χ0v) is 12.8. The lowest BCUT2D eigenvalue weighted by Crippen LogP contribution is -2.42. The molecule has 118 valence electrons. The Kier molecular flexibility index (Phi) is 4.70. The maximum Gasteiger partial charge on any atom is 0.147 e. The van der Waals surface area contributed by atoms with E-state index in [1.165, 1.54) is 0 Å². The van der Waals surface area contributed by atoms with Gasteiger partial charge in [-0.3, -0.25) is 0 Å². The third-order valence-electron chi connectivity index (χ3n) is 3.79. The molecule has 3 rings (SSSR count). The molecule has 0 fully saturated rings. The number of para-hydroxylation sites is 1. The number of rotatable bonds is 6. The minimum atomic E-state index is -0.529. The lowest BCUT2D eigenvalue weighted by Gasteiger charge is -2.24. The summed E-state index contributed by atoms with van der Waals surface area (Å²) in [6, 6.07) is 9.86. The van der Waals surface area contributed by atoms with Crippen LogP contribution >= 0.6 is 0 Å². The number of ether oxygens (including phenoxy) is 1. The second-order valence-electron chi connectivity index (χ2n) is 5.68. The van der Waals surface area contributed by atoms with Gasteiger partial charge in [-0.2, -0.15) is 5.10 Å². The monoisotopic (exact) mass is 302 g/mol. The number of aromatic nitrogens is 3. The minimum absolute atomic E-state index is 0.289. The molecule has 0 bridgehead atoms. The highest BCUT2D eigenvalue weighted by atomic mass is 16.5. The second-order valence-corrected chi connectivity index (χ2v) is 5.68. The summed E-state index contributed by atoms with van der Waals surface area (Å²) in [6.45, 7) is 3.53. The summed E-state index contributed by atoms with van der Waals surface area (Å²) in [5.41, 5.74) is 0. The van der Waals surface area contributed by atoms with Crippen molar-refractivity contribution in [3.8, 4) is 5.75 Å². The van der Waals surface area contributed by atoms with Crippen LogP contribution in [0.2, 0.25) is 0 Å². The molecule has 0 unspecified atom stereocenters. The van der Waals surface area contributed by atoms with Crippen molar-refractivity contribution in [3.05, 3.63) is 42.0 Å². The first-order valence-electron chi connectivity index (χ1n) is 7.70. The Labute approximate surface area is 130 Å². The van der Waals surface area contributed by atoms with E-state index in [2.05, 4.69) is 15.4 Å². The van der Waals surface area contributed by atoms with Gasteiger partial charge >= 0.3 is 0 Å². The summed E-state index contributed by atoms with van der Waals surface area (Å²) in [4.78, 5) is 4.40. The van der Waals surface area contributed by atoms with Crippen molar-refractivity contribution >= 4 is 0 Å². The fourth-order valence-corrected chi connectivity index (χ4v) is 2.67. The van der Waals surface area contributed by atoms with Gasteiger partial charge in [0.1, 0.15) is 30.1 Å². The van der Waals surface area contributed by atoms with Crippen molar-refractivity contribution in [1.29, 1.82) is 0 Å². The molecule has 2 aromatic rings. The Morgan fingerprint density at radius 1 is 1.41 bits per heavy atom. The summed E-state index contributed by atoms with van der Waals surface area (Å²) in [5.74, 6) is 2.66. The van der Waals surface area contributed by atoms with Gasteiger partial charge in [0.25, 0.3) is 0 Å². The standard InChI is InChI=1S/C16H22N4O2/c1-12-18-16-8-7-13(10-20(16)19-12)17-9-14(21)11-22-15-5-3-2-4-6-15/h2-6,13-14,17,21H,7-11H2,1H3/t13-,14-/m1/s1. The van der Waals surface area contributed by atoms with Crippen molar-refractivity contribution in [3.63, 3.8) is 0 Å². The van der Waals surface area contributed by atoms with Crippen molar-refractivity contribution < 1.29 is 9.84 Å². The number of aliphatic hydroxyl groups excluding tert-OH is 1. The van der Waals surface area contributed by atoms with Gasteiger partial charge in [-0.1, -0.05) is 18.2 Å². The van der Waals surface area contributed by atoms with Crippen LogP contribution in [-0.4, -0.2) is 45.2 Å². The molecule has 1 aromatic carbocycles. The molecule has 0 radical (unpaired) electrons. The zero-order valence-electron chi connectivity index (χ0n) is 12.8. The Morgan fingerprint density at radius 2 is 2.23 bits per heavy atom. The first kappa shape index (κ1) is 15.0. The molecule has 22 heavy (non-hydrogen) atoms. The maximum atomic E-state index is 10.0. The third kappa shape index (κ3) is 3.84. The van der Waals surface area contributed by atoms with Crippen LogP contribution in [0.1, 0.15) is 18.1 Å². The van der Waals surface area contributed by atoms with E-state index in [0.717, 1.165) is 36.8 Å². The number of nitrogens with one attached hydrogen (secondary N) is 1. The smallest absolute Gasteiger partial charge is 0.147 e. The summed E-state index contributed by atoms with van der Waals surface area (Å²) in [7, 11) is 0. The molecule has 0 saturated heterocycles. The van der Waals surface area contributed by atoms with Crippen LogP contribution in [0, 0.1) is 6.92 Å². The SMILES string of the molecule is Cc1nc2n(n1)C[C@H](NC[C@@H](O)COc1ccccc1)CC2. The fraction of sp³-hybridized carbons (Fsp3) is 0.500. The molecule has 0 amide bonds. The van der Waals surface area contributed by atoms with Gasteiger partial charge in [-0.15, -0.1) is 0 Å². The highest BCUT2D eigenvalue weighted by Gasteiger charge is 2.21. The fourth-order valence-electron chi connectivity index (χ4n) is 2.67. The molecule has 2 heterocycles. The maximum absolute atomic E-state index is 10.0. The van der Waals surface area contributed by atoms with Crippen LogP contribution in [-0.2, 0) is 13.0 Å². The molecule has 2 atom stereocenters. The molecule has 2 N–H and O–H groups in total. The number of fused-ring (bicyclic) bond motifs is 1. The number of aryl methyl sites for hydroxylation is 2. The molecular formula is C16H22N4O2. The molecule has 1 aliphatic rings. The number of benzene rings is 1. The molecule has 1 aliphatic heterocycles. The Morgan fingerprint density at radius 3 is 3.05 bits per heavy atom. The van der Waals surface area contributed by atoms with E-state index in [0.29, 0.717) is 12.6 Å². The summed E-state index contributed by atoms with van der Waals surface area (Å²) in [6.07, 6.45) is 1.42. The van der Waals surface area contributed by atoms with Crippen LogP contribution in [0.5, 0.6) is 5.75 Å². The lowest BCUT2D eigenvalue weighted by molar-refractivity contribution is 0.101. The number of aliphatic hydroxyl groups is 1. The van der Waals surface area contributed by atoms with E-state index < -0.39 is 6.10 Å². The minimum Gasteiger partial charge on any atom is -0.491 e. The quantitative estimate of drug-likeness (QED) is 0.830. The lowest BCUT2D eigenvalue weighted by atomic mass is 10.1. The molecule has 6 heteroatoms. The van der Waals surface area contributed by atoms with Crippen LogP contribution in [0.3, 0.4) is 0 Å². The van der Waals surface area contributed by atoms with Crippen LogP contribution < -0.4 is 10.1 Å². The van der Waals surface area contributed by atoms with Crippen molar-refractivity contribution in [2.24, 2.45) is 0 Å². The highest BCUT2D eigenvalue weighted by Crippen LogP contribution is 2.13. The molecule has 0 saturated carbocycles. The average molecular weight is 302 g/mol. The second kappa shape index (κ2) is 6.89. The normalized spacial score (nSPS) is 18.7. The van der Waals surface area contributed by atoms with E-state index in [-0.39, 0.29) is 6.61 Å². The van der Waals surface area contributed by atoms with E-state index in [9.17, 15) is 5.11 Å². The van der Waals surface area contributed by atoms with E-state index in [1.54, 1.807) is 0 Å². The first-order chi connectivity index (χ1) is 10.7. The highest BCUT2D eigenvalue weighted by molar-refractivity contribution is 5.20. The van der Waals surface area contributed by atoms with Gasteiger partial charge in [0.05, 0.1) is 6.54 Å². The van der Waals surface area contributed by atoms with Gasteiger partial charge in [0, 0.05) is 19.0 Å². The largest absolute Gasteiger partial charge is 0.491 e. The zero-order chi connectivity index (χ0) is 15.4. The van der Waals surface area contributed by atoms with Crippen LogP contribution in [0.15, 0.2) is 30.3 Å². The van der Waals surface area contributed by atoms with E-state index in [4.69, 9.17) is 4.74 Å². The van der Waals surface area contributed by atoms with Gasteiger partial charge in [-0.05, 0) is 25.5 Å². The Balaban J connectivity index is 1.41. The van der Waals surface area contributed by atoms with Gasteiger partial charge in [0.15, 0.2) is 0 Å². The Hall–Kier alpha value is -1.92. The summed E-state index contributed by atoms with van der Waals surface area (Å²) < 4.78 is 7.51. The van der Waals surface area contributed by atoms with Gasteiger partial charge < -0.3 is 15.2 Å². The van der Waals surface area contributed by atoms with Gasteiger partial charge in [0.2, 0.25) is 0 Å². The summed E-state index contributed by atoms with van der Waals surface area (Å²) in [5, 5.41) is 17.8. The van der Waals surface area contributed by atoms with E-state index >= 15 is 0 Å². The van der Waals surface area contributed by atoms with Gasteiger partial charge in [-0.25, -0.2) is 9.67 Å². The van der Waals surface area contributed by atoms with Crippen molar-refractivity contribution in [2.75, 3.05) is 13.2 Å². The molecule has 0 spiro atoms. The number of hydrogen-bond acceptors (Lipinski definition) is 5. The van der Waals surface area contributed by atoms with E-state index in [1.807, 2.05) is 41.9 Å². The third-order valence-corrected chi connectivity index (χ3v) is 3.79. The predicted molar refractivity (Wildman–Crippen MR) is 82.8 cm³/mol. The Bertz CT molecular complexity index is 599. The number of nitrogens with zero attached hydrogens (tertiary/aromatic N) is 3. The molecule has 6 nitrogen and oxygen atoms in total. The summed E-state index contributed by atoms with van der Waals surface area (Å²) >= 11 is 0. The average Bonchev–Trinajstić information content (AvgIpc) is 2.91.